The average Bonchev–Trinajstić information content (AvgIpc) is 2.93. The Balaban J connectivity index is 2.43. The Kier molecular flexibility index (Phi) is 10.4. The zero-order valence-electron chi connectivity index (χ0n) is 13.6. The zero-order valence-corrected chi connectivity index (χ0v) is 14.4. The van der Waals surface area contributed by atoms with E-state index in [2.05, 4.69) is 22.1 Å². The van der Waals surface area contributed by atoms with Gasteiger partial charge in [-0.3, -0.25) is 4.90 Å². The monoisotopic (exact) mass is 315 g/mol. The lowest BCUT2D eigenvalue weighted by molar-refractivity contribution is 0.0802. The van der Waals surface area contributed by atoms with Crippen LogP contribution in [0.15, 0.2) is 6.20 Å². The van der Waals surface area contributed by atoms with Gasteiger partial charge in [0.15, 0.2) is 5.13 Å². The largest absolute Gasteiger partial charge is 0.380 e. The Morgan fingerprint density at radius 1 is 1.14 bits per heavy atom. The minimum atomic E-state index is 0.766. The number of aromatic nitrogens is 1. The molecule has 0 aliphatic carbocycles. The van der Waals surface area contributed by atoms with Crippen molar-refractivity contribution in [1.29, 1.82) is 0 Å². The molecule has 1 aromatic heterocycles. The molecule has 0 aliphatic rings. The summed E-state index contributed by atoms with van der Waals surface area (Å²) in [7, 11) is 0. The summed E-state index contributed by atoms with van der Waals surface area (Å²) in [6.07, 6.45) is 3.08. The molecule has 0 spiro atoms. The molecule has 1 rings (SSSR count). The van der Waals surface area contributed by atoms with Crippen LogP contribution in [0.25, 0.3) is 0 Å². The van der Waals surface area contributed by atoms with Crippen molar-refractivity contribution in [3.63, 3.8) is 0 Å². The normalized spacial score (nSPS) is 11.2. The third-order valence-corrected chi connectivity index (χ3v) is 3.91. The van der Waals surface area contributed by atoms with Gasteiger partial charge in [-0.2, -0.15) is 0 Å². The summed E-state index contributed by atoms with van der Waals surface area (Å²) in [4.78, 5) is 8.06. The first-order valence-electron chi connectivity index (χ1n) is 7.86. The van der Waals surface area contributed by atoms with Crippen molar-refractivity contribution in [2.45, 2.75) is 33.7 Å². The highest BCUT2D eigenvalue weighted by Crippen LogP contribution is 2.19. The highest BCUT2D eigenvalue weighted by Gasteiger charge is 2.09. The van der Waals surface area contributed by atoms with E-state index in [0.29, 0.717) is 0 Å². The smallest absolute Gasteiger partial charge is 0.182 e. The van der Waals surface area contributed by atoms with E-state index in [1.54, 1.807) is 11.3 Å². The van der Waals surface area contributed by atoms with Crippen LogP contribution < -0.4 is 5.32 Å². The quantitative estimate of drug-likeness (QED) is 0.567. The summed E-state index contributed by atoms with van der Waals surface area (Å²) in [5.41, 5.74) is 0. The summed E-state index contributed by atoms with van der Waals surface area (Å²) in [6.45, 7) is 13.0. The molecule has 21 heavy (non-hydrogen) atoms. The van der Waals surface area contributed by atoms with Crippen molar-refractivity contribution >= 4 is 16.5 Å². The van der Waals surface area contributed by atoms with Crippen LogP contribution in [0.4, 0.5) is 5.13 Å². The Labute approximate surface area is 132 Å². The first kappa shape index (κ1) is 18.4. The van der Waals surface area contributed by atoms with Crippen LogP contribution in [0.5, 0.6) is 0 Å². The number of hydrogen-bond acceptors (Lipinski definition) is 6. The predicted octanol–water partition coefficient (Wildman–Crippen LogP) is 2.84. The van der Waals surface area contributed by atoms with Crippen LogP contribution in [-0.2, 0) is 16.0 Å². The summed E-state index contributed by atoms with van der Waals surface area (Å²) >= 11 is 1.73. The van der Waals surface area contributed by atoms with Gasteiger partial charge >= 0.3 is 0 Å². The molecular weight excluding hydrogens is 286 g/mol. The van der Waals surface area contributed by atoms with Crippen LogP contribution in [0.2, 0.25) is 0 Å². The maximum Gasteiger partial charge on any atom is 0.182 e. The maximum absolute atomic E-state index is 5.46. The van der Waals surface area contributed by atoms with Gasteiger partial charge in [0.2, 0.25) is 0 Å². The molecular formula is C15H29N3O2S. The molecule has 0 atom stereocenters. The van der Waals surface area contributed by atoms with Gasteiger partial charge in [-0.1, -0.05) is 6.92 Å². The first-order chi connectivity index (χ1) is 10.3. The second-order valence-electron chi connectivity index (χ2n) is 4.73. The van der Waals surface area contributed by atoms with Crippen LogP contribution >= 0.6 is 11.3 Å². The van der Waals surface area contributed by atoms with Gasteiger partial charge in [0.25, 0.3) is 0 Å². The number of nitrogens with one attached hydrogen (secondary N) is 1. The molecule has 1 N–H and O–H groups in total. The molecule has 0 aromatic carbocycles. The molecule has 0 unspecified atom stereocenters. The Bertz CT molecular complexity index is 350. The van der Waals surface area contributed by atoms with Crippen molar-refractivity contribution in [3.05, 3.63) is 11.1 Å². The lowest BCUT2D eigenvalue weighted by Gasteiger charge is -2.21. The molecule has 122 valence electrons. The van der Waals surface area contributed by atoms with Crippen molar-refractivity contribution in [3.8, 4) is 0 Å². The molecule has 6 heteroatoms. The molecule has 0 saturated carbocycles. The molecule has 0 fully saturated rings. The van der Waals surface area contributed by atoms with Gasteiger partial charge in [-0.05, 0) is 20.3 Å². The van der Waals surface area contributed by atoms with Crippen molar-refractivity contribution in [1.82, 2.24) is 9.88 Å². The van der Waals surface area contributed by atoms with Crippen LogP contribution in [0, 0.1) is 0 Å². The van der Waals surface area contributed by atoms with Crippen LogP contribution in [-0.4, -0.2) is 55.9 Å². The minimum absolute atomic E-state index is 0.766. The van der Waals surface area contributed by atoms with Gasteiger partial charge in [0, 0.05) is 50.5 Å². The van der Waals surface area contributed by atoms with Gasteiger partial charge in [-0.25, -0.2) is 4.98 Å². The number of hydrogen-bond donors (Lipinski definition) is 1. The van der Waals surface area contributed by atoms with E-state index in [9.17, 15) is 0 Å². The standard InChI is InChI=1S/C15H29N3O2S/c1-4-7-16-15-17-12-14(21-15)13-18(8-10-19-5-2)9-11-20-6-3/h12H,4-11,13H2,1-3H3,(H,16,17). The Morgan fingerprint density at radius 2 is 1.81 bits per heavy atom. The van der Waals surface area contributed by atoms with Gasteiger partial charge in [0.05, 0.1) is 13.2 Å². The van der Waals surface area contributed by atoms with E-state index in [1.807, 2.05) is 20.0 Å². The molecule has 0 radical (unpaired) electrons. The summed E-state index contributed by atoms with van der Waals surface area (Å²) < 4.78 is 10.9. The topological polar surface area (TPSA) is 46.6 Å². The summed E-state index contributed by atoms with van der Waals surface area (Å²) in [6, 6.07) is 0. The van der Waals surface area contributed by atoms with Crippen molar-refractivity contribution in [2.24, 2.45) is 0 Å². The number of thiazole rings is 1. The fourth-order valence-corrected chi connectivity index (χ4v) is 2.74. The average molecular weight is 315 g/mol. The molecule has 0 saturated heterocycles. The van der Waals surface area contributed by atoms with E-state index in [0.717, 1.165) is 64.2 Å². The van der Waals surface area contributed by atoms with Crippen molar-refractivity contribution < 1.29 is 9.47 Å². The second-order valence-corrected chi connectivity index (χ2v) is 5.84. The number of nitrogens with zero attached hydrogens (tertiary/aromatic N) is 2. The summed E-state index contributed by atoms with van der Waals surface area (Å²) in [5.74, 6) is 0. The van der Waals surface area contributed by atoms with Crippen LogP contribution in [0.3, 0.4) is 0 Å². The fourth-order valence-electron chi connectivity index (χ4n) is 1.86. The maximum atomic E-state index is 5.46. The number of ether oxygens (including phenoxy) is 2. The summed E-state index contributed by atoms with van der Waals surface area (Å²) in [5, 5.41) is 4.35. The lowest BCUT2D eigenvalue weighted by Crippen LogP contribution is -2.30. The fraction of sp³-hybridized carbons (Fsp3) is 0.800. The Hall–Kier alpha value is -0.690. The predicted molar refractivity (Wildman–Crippen MR) is 89.2 cm³/mol. The highest BCUT2D eigenvalue weighted by atomic mass is 32.1. The molecule has 0 bridgehead atoms. The van der Waals surface area contributed by atoms with E-state index >= 15 is 0 Å². The number of anilines is 1. The van der Waals surface area contributed by atoms with E-state index in [-0.39, 0.29) is 0 Å². The van der Waals surface area contributed by atoms with E-state index in [1.165, 1.54) is 4.88 Å². The van der Waals surface area contributed by atoms with Gasteiger partial charge < -0.3 is 14.8 Å². The number of rotatable bonds is 13. The lowest BCUT2D eigenvalue weighted by atomic mass is 10.4. The van der Waals surface area contributed by atoms with E-state index < -0.39 is 0 Å². The van der Waals surface area contributed by atoms with Gasteiger partial charge in [-0.15, -0.1) is 11.3 Å². The molecule has 0 amide bonds. The first-order valence-corrected chi connectivity index (χ1v) is 8.68. The highest BCUT2D eigenvalue weighted by molar-refractivity contribution is 7.15. The third-order valence-electron chi connectivity index (χ3n) is 2.97. The Morgan fingerprint density at radius 3 is 2.38 bits per heavy atom. The molecule has 1 heterocycles. The van der Waals surface area contributed by atoms with Crippen molar-refractivity contribution in [2.75, 3.05) is 51.4 Å². The minimum Gasteiger partial charge on any atom is -0.380 e. The van der Waals surface area contributed by atoms with Crippen LogP contribution in [0.1, 0.15) is 32.1 Å². The SMILES string of the molecule is CCCNc1ncc(CN(CCOCC)CCOCC)s1. The zero-order chi connectivity index (χ0) is 15.3. The molecule has 5 nitrogen and oxygen atoms in total. The van der Waals surface area contributed by atoms with Gasteiger partial charge in [0.1, 0.15) is 0 Å². The second kappa shape index (κ2) is 11.9. The third kappa shape index (κ3) is 8.36. The molecule has 1 aromatic rings. The molecule has 0 aliphatic heterocycles. The van der Waals surface area contributed by atoms with E-state index in [4.69, 9.17) is 9.47 Å².